The zero-order valence-corrected chi connectivity index (χ0v) is 7.99. The normalized spacial score (nSPS) is 18.1. The first kappa shape index (κ1) is 8.36. The predicted molar refractivity (Wildman–Crippen MR) is 56.5 cm³/mol. The first-order chi connectivity index (χ1) is 7.29. The van der Waals surface area contributed by atoms with Gasteiger partial charge in [0.25, 0.3) is 0 Å². The number of benzene rings is 1. The molecule has 2 aliphatic rings. The van der Waals surface area contributed by atoms with E-state index in [1.165, 1.54) is 0 Å². The van der Waals surface area contributed by atoms with Gasteiger partial charge in [-0.2, -0.15) is 0 Å². The van der Waals surface area contributed by atoms with Crippen LogP contribution in [0.15, 0.2) is 42.0 Å². The molecule has 0 atom stereocenters. The Labute approximate surface area is 86.9 Å². The Kier molecular flexibility index (Phi) is 1.54. The molecule has 1 aromatic carbocycles. The summed E-state index contributed by atoms with van der Waals surface area (Å²) in [6.07, 6.45) is 4.04. The van der Waals surface area contributed by atoms with Gasteiger partial charge in [-0.1, -0.05) is 36.4 Å². The minimum absolute atomic E-state index is 0.0614. The van der Waals surface area contributed by atoms with E-state index in [4.69, 9.17) is 0 Å². The van der Waals surface area contributed by atoms with Gasteiger partial charge in [-0.25, -0.2) is 0 Å². The molecule has 0 saturated carbocycles. The highest BCUT2D eigenvalue weighted by Gasteiger charge is 2.33. The fourth-order valence-electron chi connectivity index (χ4n) is 2.14. The van der Waals surface area contributed by atoms with Crippen molar-refractivity contribution in [3.05, 3.63) is 53.1 Å². The summed E-state index contributed by atoms with van der Waals surface area (Å²) < 4.78 is 0. The lowest BCUT2D eigenvalue weighted by Gasteiger charge is -2.05. The van der Waals surface area contributed by atoms with Crippen LogP contribution in [0.5, 0.6) is 0 Å². The maximum absolute atomic E-state index is 11.9. The molecule has 0 spiro atoms. The zero-order chi connectivity index (χ0) is 10.4. The fourth-order valence-corrected chi connectivity index (χ4v) is 2.14. The van der Waals surface area contributed by atoms with Crippen LogP contribution in [0.2, 0.25) is 0 Å². The number of allylic oxidation sites excluding steroid dienone is 4. The summed E-state index contributed by atoms with van der Waals surface area (Å²) in [7, 11) is 0. The van der Waals surface area contributed by atoms with E-state index in [0.29, 0.717) is 17.6 Å². The predicted octanol–water partition coefficient (Wildman–Crippen LogP) is 2.17. The second-order valence-electron chi connectivity index (χ2n) is 3.69. The molecule has 2 nitrogen and oxygen atoms in total. The van der Waals surface area contributed by atoms with Gasteiger partial charge in [0, 0.05) is 12.0 Å². The standard InChI is InChI=1S/C13H8O2/c14-11-7-3-6-9-8-4-1-2-5-10(8)13(15)12(9)11/h1-6H,7H2. The number of ketones is 2. The zero-order valence-electron chi connectivity index (χ0n) is 7.99. The molecule has 2 heteroatoms. The number of hydrogen-bond acceptors (Lipinski definition) is 2. The highest BCUT2D eigenvalue weighted by molar-refractivity contribution is 6.36. The van der Waals surface area contributed by atoms with E-state index in [2.05, 4.69) is 0 Å². The van der Waals surface area contributed by atoms with Crippen molar-refractivity contribution in [1.29, 1.82) is 0 Å². The molecule has 0 heterocycles. The molecule has 0 unspecified atom stereocenters. The van der Waals surface area contributed by atoms with E-state index in [-0.39, 0.29) is 11.6 Å². The maximum Gasteiger partial charge on any atom is 0.197 e. The largest absolute Gasteiger partial charge is 0.294 e. The van der Waals surface area contributed by atoms with Crippen molar-refractivity contribution >= 4 is 17.1 Å². The third-order valence-corrected chi connectivity index (χ3v) is 2.82. The van der Waals surface area contributed by atoms with Gasteiger partial charge in [-0.15, -0.1) is 0 Å². The molecule has 0 fully saturated rings. The molecule has 72 valence electrons. The summed E-state index contributed by atoms with van der Waals surface area (Å²) in [4.78, 5) is 23.6. The van der Waals surface area contributed by atoms with E-state index < -0.39 is 0 Å². The van der Waals surface area contributed by atoms with Crippen molar-refractivity contribution in [3.8, 4) is 0 Å². The van der Waals surface area contributed by atoms with Crippen molar-refractivity contribution in [2.45, 2.75) is 6.42 Å². The van der Waals surface area contributed by atoms with E-state index in [9.17, 15) is 9.59 Å². The van der Waals surface area contributed by atoms with Crippen LogP contribution in [0, 0.1) is 0 Å². The van der Waals surface area contributed by atoms with Crippen LogP contribution in [0.25, 0.3) is 5.57 Å². The molecule has 0 bridgehead atoms. The Bertz CT molecular complexity index is 547. The summed E-state index contributed by atoms with van der Waals surface area (Å²) >= 11 is 0. The lowest BCUT2D eigenvalue weighted by Crippen LogP contribution is -2.11. The van der Waals surface area contributed by atoms with E-state index in [1.54, 1.807) is 6.07 Å². The number of carbonyl (C=O) groups excluding carboxylic acids is 2. The third-order valence-electron chi connectivity index (χ3n) is 2.82. The maximum atomic E-state index is 11.9. The van der Waals surface area contributed by atoms with Crippen LogP contribution in [0.4, 0.5) is 0 Å². The molecule has 0 aromatic heterocycles. The molecule has 0 aliphatic heterocycles. The Balaban J connectivity index is 2.32. The molecular formula is C13H8O2. The van der Waals surface area contributed by atoms with Crippen LogP contribution in [-0.4, -0.2) is 11.6 Å². The van der Waals surface area contributed by atoms with E-state index in [1.807, 2.05) is 30.4 Å². The van der Waals surface area contributed by atoms with Crippen LogP contribution < -0.4 is 0 Å². The Morgan fingerprint density at radius 1 is 1.00 bits per heavy atom. The second-order valence-corrected chi connectivity index (χ2v) is 3.69. The second kappa shape index (κ2) is 2.76. The molecule has 15 heavy (non-hydrogen) atoms. The summed E-state index contributed by atoms with van der Waals surface area (Å²) in [5, 5.41) is 0. The number of fused-ring (bicyclic) bond motifs is 2. The first-order valence-electron chi connectivity index (χ1n) is 4.87. The Hall–Kier alpha value is -1.96. The average Bonchev–Trinajstić information content (AvgIpc) is 2.55. The van der Waals surface area contributed by atoms with Gasteiger partial charge in [0.15, 0.2) is 11.6 Å². The number of Topliss-reactive ketones (excluding diaryl/α,β-unsaturated/α-hetero) is 2. The molecule has 2 aliphatic carbocycles. The molecule has 1 aromatic rings. The molecule has 3 rings (SSSR count). The van der Waals surface area contributed by atoms with Crippen molar-refractivity contribution in [2.75, 3.05) is 0 Å². The monoisotopic (exact) mass is 196 g/mol. The Morgan fingerprint density at radius 3 is 2.53 bits per heavy atom. The van der Waals surface area contributed by atoms with Crippen molar-refractivity contribution in [3.63, 3.8) is 0 Å². The highest BCUT2D eigenvalue weighted by atomic mass is 16.1. The average molecular weight is 196 g/mol. The quantitative estimate of drug-likeness (QED) is 0.596. The minimum Gasteiger partial charge on any atom is -0.294 e. The lowest BCUT2D eigenvalue weighted by atomic mass is 9.96. The van der Waals surface area contributed by atoms with Gasteiger partial charge in [0.1, 0.15) is 0 Å². The lowest BCUT2D eigenvalue weighted by molar-refractivity contribution is -0.114. The summed E-state index contributed by atoms with van der Waals surface area (Å²) in [6, 6.07) is 7.37. The summed E-state index contributed by atoms with van der Waals surface area (Å²) in [5.74, 6) is -0.177. The molecule has 0 amide bonds. The van der Waals surface area contributed by atoms with Crippen LogP contribution in [0.1, 0.15) is 22.3 Å². The smallest absolute Gasteiger partial charge is 0.197 e. The first-order valence-corrected chi connectivity index (χ1v) is 4.87. The summed E-state index contributed by atoms with van der Waals surface area (Å²) in [5.41, 5.74) is 2.72. The number of carbonyl (C=O) groups is 2. The van der Waals surface area contributed by atoms with Gasteiger partial charge in [0.2, 0.25) is 0 Å². The van der Waals surface area contributed by atoms with Crippen LogP contribution in [0.3, 0.4) is 0 Å². The fraction of sp³-hybridized carbons (Fsp3) is 0.0769. The van der Waals surface area contributed by atoms with Crippen LogP contribution in [-0.2, 0) is 4.79 Å². The van der Waals surface area contributed by atoms with Crippen molar-refractivity contribution < 1.29 is 9.59 Å². The minimum atomic E-state index is -0.116. The van der Waals surface area contributed by atoms with Gasteiger partial charge < -0.3 is 0 Å². The van der Waals surface area contributed by atoms with E-state index in [0.717, 1.165) is 11.1 Å². The SMILES string of the molecule is O=C1CC=CC2=C1C(=O)c1ccccc12. The molecule has 0 saturated heterocycles. The molecular weight excluding hydrogens is 188 g/mol. The number of hydrogen-bond donors (Lipinski definition) is 0. The number of rotatable bonds is 0. The van der Waals surface area contributed by atoms with Crippen LogP contribution >= 0.6 is 0 Å². The summed E-state index contributed by atoms with van der Waals surface area (Å²) in [6.45, 7) is 0. The van der Waals surface area contributed by atoms with Gasteiger partial charge in [-0.05, 0) is 11.1 Å². The van der Waals surface area contributed by atoms with E-state index >= 15 is 0 Å². The van der Waals surface area contributed by atoms with Crippen molar-refractivity contribution in [1.82, 2.24) is 0 Å². The van der Waals surface area contributed by atoms with Gasteiger partial charge in [-0.3, -0.25) is 9.59 Å². The topological polar surface area (TPSA) is 34.1 Å². The van der Waals surface area contributed by atoms with Gasteiger partial charge in [0.05, 0.1) is 5.57 Å². The third kappa shape index (κ3) is 0.988. The highest BCUT2D eigenvalue weighted by Crippen LogP contribution is 2.36. The Morgan fingerprint density at radius 2 is 1.73 bits per heavy atom. The van der Waals surface area contributed by atoms with Crippen molar-refractivity contribution in [2.24, 2.45) is 0 Å². The molecule has 0 N–H and O–H groups in total. The van der Waals surface area contributed by atoms with Gasteiger partial charge >= 0.3 is 0 Å². The molecule has 0 radical (unpaired) electrons.